The SMILES string of the molecule is COCCNC(=NCc1ccc([N+](=O)[O-])cc1)NCCc1c[nH]c2ccccc12.I. The molecule has 3 N–H and O–H groups in total. The van der Waals surface area contributed by atoms with Crippen molar-refractivity contribution in [1.29, 1.82) is 0 Å². The number of guanidine groups is 1. The predicted octanol–water partition coefficient (Wildman–Crippen LogP) is 3.62. The minimum Gasteiger partial charge on any atom is -0.383 e. The third kappa shape index (κ3) is 6.70. The number of H-pyrrole nitrogens is 1. The summed E-state index contributed by atoms with van der Waals surface area (Å²) in [6, 6.07) is 14.7. The number of nitro groups is 1. The van der Waals surface area contributed by atoms with Gasteiger partial charge in [-0.3, -0.25) is 10.1 Å². The first-order valence-electron chi connectivity index (χ1n) is 9.47. The van der Waals surface area contributed by atoms with Crippen molar-refractivity contribution < 1.29 is 9.66 Å². The maximum atomic E-state index is 10.8. The Bertz CT molecular complexity index is 972. The van der Waals surface area contributed by atoms with E-state index in [0.717, 1.165) is 24.0 Å². The van der Waals surface area contributed by atoms with Crippen molar-refractivity contribution in [3.63, 3.8) is 0 Å². The van der Waals surface area contributed by atoms with Gasteiger partial charge in [0.05, 0.1) is 18.1 Å². The average molecular weight is 523 g/mol. The van der Waals surface area contributed by atoms with Gasteiger partial charge in [-0.05, 0) is 23.6 Å². The number of non-ortho nitro benzene ring substituents is 1. The summed E-state index contributed by atoms with van der Waals surface area (Å²) >= 11 is 0. The van der Waals surface area contributed by atoms with E-state index in [9.17, 15) is 10.1 Å². The first kappa shape index (κ1) is 23.6. The Balaban J connectivity index is 0.00000320. The van der Waals surface area contributed by atoms with Crippen molar-refractivity contribution >= 4 is 46.5 Å². The topological polar surface area (TPSA) is 105 Å². The molecule has 1 heterocycles. The van der Waals surface area contributed by atoms with Crippen LogP contribution >= 0.6 is 24.0 Å². The van der Waals surface area contributed by atoms with Crippen molar-refractivity contribution in [3.05, 3.63) is 76.0 Å². The van der Waals surface area contributed by atoms with Crippen LogP contribution in [0, 0.1) is 10.1 Å². The Morgan fingerprint density at radius 1 is 1.13 bits per heavy atom. The third-order valence-electron chi connectivity index (χ3n) is 4.53. The molecule has 2 aromatic carbocycles. The second kappa shape index (κ2) is 12.1. The second-order valence-corrected chi connectivity index (χ2v) is 6.54. The van der Waals surface area contributed by atoms with Crippen LogP contribution < -0.4 is 10.6 Å². The highest BCUT2D eigenvalue weighted by atomic mass is 127. The van der Waals surface area contributed by atoms with Crippen molar-refractivity contribution in [3.8, 4) is 0 Å². The number of nitro benzene ring substituents is 1. The number of aromatic nitrogens is 1. The first-order valence-corrected chi connectivity index (χ1v) is 9.47. The highest BCUT2D eigenvalue weighted by Gasteiger charge is 2.06. The van der Waals surface area contributed by atoms with E-state index < -0.39 is 4.92 Å². The Morgan fingerprint density at radius 3 is 2.60 bits per heavy atom. The highest BCUT2D eigenvalue weighted by molar-refractivity contribution is 14.0. The van der Waals surface area contributed by atoms with Gasteiger partial charge >= 0.3 is 0 Å². The smallest absolute Gasteiger partial charge is 0.269 e. The fourth-order valence-electron chi connectivity index (χ4n) is 2.99. The van der Waals surface area contributed by atoms with Gasteiger partial charge in [0.2, 0.25) is 0 Å². The standard InChI is InChI=1S/C21H25N5O3.HI/c1-29-13-12-23-21(25-14-16-6-8-18(9-7-16)26(27)28)22-11-10-17-15-24-20-5-3-2-4-19(17)20;/h2-9,15,24H,10-14H2,1H3,(H2,22,23,25);1H. The van der Waals surface area contributed by atoms with Gasteiger partial charge in [-0.1, -0.05) is 30.3 Å². The summed E-state index contributed by atoms with van der Waals surface area (Å²) in [7, 11) is 1.65. The second-order valence-electron chi connectivity index (χ2n) is 6.54. The van der Waals surface area contributed by atoms with E-state index in [-0.39, 0.29) is 29.7 Å². The number of methoxy groups -OCH3 is 1. The maximum Gasteiger partial charge on any atom is 0.269 e. The summed E-state index contributed by atoms with van der Waals surface area (Å²) in [5, 5.41) is 18.6. The average Bonchev–Trinajstić information content (AvgIpc) is 3.15. The van der Waals surface area contributed by atoms with E-state index >= 15 is 0 Å². The first-order chi connectivity index (χ1) is 14.2. The summed E-state index contributed by atoms with van der Waals surface area (Å²) in [5.74, 6) is 0.681. The number of benzene rings is 2. The number of aliphatic imine (C=N–C) groups is 1. The number of para-hydroxylation sites is 1. The third-order valence-corrected chi connectivity index (χ3v) is 4.53. The molecule has 3 aromatic rings. The van der Waals surface area contributed by atoms with Crippen LogP contribution in [-0.2, 0) is 17.7 Å². The lowest BCUT2D eigenvalue weighted by molar-refractivity contribution is -0.384. The number of halogens is 1. The van der Waals surface area contributed by atoms with E-state index in [1.54, 1.807) is 19.2 Å². The molecule has 0 fully saturated rings. The van der Waals surface area contributed by atoms with Crippen LogP contribution in [0.25, 0.3) is 10.9 Å². The monoisotopic (exact) mass is 523 g/mol. The Hall–Kier alpha value is -2.66. The molecule has 3 rings (SSSR count). The number of ether oxygens (including phenoxy) is 1. The lowest BCUT2D eigenvalue weighted by atomic mass is 10.1. The summed E-state index contributed by atoms with van der Waals surface area (Å²) in [4.78, 5) is 18.2. The van der Waals surface area contributed by atoms with Gasteiger partial charge in [0.1, 0.15) is 0 Å². The molecule has 0 aliphatic heterocycles. The molecule has 0 saturated carbocycles. The van der Waals surface area contributed by atoms with Gasteiger partial charge in [0.15, 0.2) is 5.96 Å². The fourth-order valence-corrected chi connectivity index (χ4v) is 2.99. The zero-order valence-corrected chi connectivity index (χ0v) is 19.1. The molecule has 0 aliphatic carbocycles. The summed E-state index contributed by atoms with van der Waals surface area (Å²) in [5.41, 5.74) is 3.36. The van der Waals surface area contributed by atoms with Crippen molar-refractivity contribution in [2.75, 3.05) is 26.8 Å². The van der Waals surface area contributed by atoms with E-state index in [1.807, 2.05) is 18.3 Å². The molecule has 30 heavy (non-hydrogen) atoms. The summed E-state index contributed by atoms with van der Waals surface area (Å²) in [6.45, 7) is 2.35. The molecule has 0 atom stereocenters. The zero-order valence-electron chi connectivity index (χ0n) is 16.8. The van der Waals surface area contributed by atoms with E-state index in [0.29, 0.717) is 25.7 Å². The van der Waals surface area contributed by atoms with Crippen LogP contribution in [0.1, 0.15) is 11.1 Å². The van der Waals surface area contributed by atoms with Gasteiger partial charge in [0.25, 0.3) is 5.69 Å². The van der Waals surface area contributed by atoms with Gasteiger partial charge < -0.3 is 20.4 Å². The van der Waals surface area contributed by atoms with Crippen molar-refractivity contribution in [1.82, 2.24) is 15.6 Å². The van der Waals surface area contributed by atoms with Crippen LogP contribution in [0.5, 0.6) is 0 Å². The van der Waals surface area contributed by atoms with Gasteiger partial charge in [-0.25, -0.2) is 4.99 Å². The van der Waals surface area contributed by atoms with E-state index in [4.69, 9.17) is 4.74 Å². The molecular weight excluding hydrogens is 497 g/mol. The number of fused-ring (bicyclic) bond motifs is 1. The number of nitrogens with one attached hydrogen (secondary N) is 3. The van der Waals surface area contributed by atoms with Gasteiger partial charge in [-0.2, -0.15) is 0 Å². The zero-order chi connectivity index (χ0) is 20.5. The lowest BCUT2D eigenvalue weighted by Crippen LogP contribution is -2.40. The van der Waals surface area contributed by atoms with Crippen molar-refractivity contribution in [2.45, 2.75) is 13.0 Å². The fraction of sp³-hybridized carbons (Fsp3) is 0.286. The van der Waals surface area contributed by atoms with Crippen LogP contribution in [-0.4, -0.2) is 42.7 Å². The van der Waals surface area contributed by atoms with Crippen LogP contribution in [0.15, 0.2) is 59.7 Å². The Kier molecular flexibility index (Phi) is 9.55. The molecular formula is C21H26IN5O3. The quantitative estimate of drug-likeness (QED) is 0.0993. The largest absolute Gasteiger partial charge is 0.383 e. The summed E-state index contributed by atoms with van der Waals surface area (Å²) < 4.78 is 5.09. The maximum absolute atomic E-state index is 10.8. The number of nitrogens with zero attached hydrogens (tertiary/aromatic N) is 2. The Labute approximate surface area is 192 Å². The normalized spacial score (nSPS) is 11.2. The predicted molar refractivity (Wildman–Crippen MR) is 130 cm³/mol. The van der Waals surface area contributed by atoms with Crippen LogP contribution in [0.3, 0.4) is 0 Å². The van der Waals surface area contributed by atoms with Crippen LogP contribution in [0.4, 0.5) is 5.69 Å². The Morgan fingerprint density at radius 2 is 1.87 bits per heavy atom. The molecule has 0 aliphatic rings. The van der Waals surface area contributed by atoms with E-state index in [2.05, 4.69) is 32.7 Å². The van der Waals surface area contributed by atoms with Gasteiger partial charge in [0, 0.05) is 49.4 Å². The van der Waals surface area contributed by atoms with Crippen molar-refractivity contribution in [2.24, 2.45) is 4.99 Å². The lowest BCUT2D eigenvalue weighted by Gasteiger charge is -2.12. The number of hydrogen-bond donors (Lipinski definition) is 3. The van der Waals surface area contributed by atoms with E-state index in [1.165, 1.54) is 23.1 Å². The molecule has 0 bridgehead atoms. The minimum absolute atomic E-state index is 0. The molecule has 0 amide bonds. The molecule has 160 valence electrons. The number of aromatic amines is 1. The molecule has 8 nitrogen and oxygen atoms in total. The minimum atomic E-state index is -0.406. The number of rotatable bonds is 9. The molecule has 0 spiro atoms. The number of hydrogen-bond acceptors (Lipinski definition) is 4. The molecule has 1 aromatic heterocycles. The molecule has 0 unspecified atom stereocenters. The summed E-state index contributed by atoms with van der Waals surface area (Å²) in [6.07, 6.45) is 2.89. The molecule has 0 radical (unpaired) electrons. The molecule has 9 heteroatoms. The molecule has 0 saturated heterocycles. The highest BCUT2D eigenvalue weighted by Crippen LogP contribution is 2.17. The van der Waals surface area contributed by atoms with Gasteiger partial charge in [-0.15, -0.1) is 24.0 Å². The van der Waals surface area contributed by atoms with Crippen LogP contribution in [0.2, 0.25) is 0 Å².